The molecule has 3 aromatic rings. The number of pyridine rings is 1. The van der Waals surface area contributed by atoms with Gasteiger partial charge in [0.1, 0.15) is 11.3 Å². The van der Waals surface area contributed by atoms with Gasteiger partial charge >= 0.3 is 0 Å². The fourth-order valence-electron chi connectivity index (χ4n) is 3.73. The Morgan fingerprint density at radius 3 is 2.52 bits per heavy atom. The maximum absolute atomic E-state index is 11.1. The van der Waals surface area contributed by atoms with Gasteiger partial charge < -0.3 is 10.0 Å². The van der Waals surface area contributed by atoms with Crippen LogP contribution in [0.3, 0.4) is 0 Å². The summed E-state index contributed by atoms with van der Waals surface area (Å²) in [4.78, 5) is 9.11. The number of fused-ring (bicyclic) bond motifs is 1. The molecular weight excluding hydrogens is 426 g/mol. The van der Waals surface area contributed by atoms with Crippen molar-refractivity contribution in [1.29, 1.82) is 0 Å². The Balaban J connectivity index is 1.87. The molecule has 1 aliphatic heterocycles. The summed E-state index contributed by atoms with van der Waals surface area (Å²) in [5.74, 6) is 0.210. The molecule has 0 unspecified atom stereocenters. The lowest BCUT2D eigenvalue weighted by atomic mass is 9.94. The van der Waals surface area contributed by atoms with Crippen LogP contribution in [0.2, 0.25) is 5.02 Å². The number of aromatic nitrogens is 1. The Morgan fingerprint density at radius 1 is 1.11 bits per heavy atom. The molecule has 2 aromatic carbocycles. The van der Waals surface area contributed by atoms with Gasteiger partial charge in [-0.3, -0.25) is 9.88 Å². The lowest BCUT2D eigenvalue weighted by Crippen LogP contribution is -2.46. The number of likely N-dealkylation sites (N-methyl/N-ethyl adjacent to an activating group) is 1. The second-order valence-electron chi connectivity index (χ2n) is 6.99. The Labute approximate surface area is 172 Å². The van der Waals surface area contributed by atoms with Crippen LogP contribution in [0.4, 0.5) is 0 Å². The molecule has 1 atom stereocenters. The molecule has 0 saturated carbocycles. The number of benzene rings is 2. The van der Waals surface area contributed by atoms with Crippen LogP contribution >= 0.6 is 27.5 Å². The number of aromatic hydroxyl groups is 1. The van der Waals surface area contributed by atoms with Gasteiger partial charge in [0.15, 0.2) is 0 Å². The van der Waals surface area contributed by atoms with E-state index in [0.29, 0.717) is 10.5 Å². The van der Waals surface area contributed by atoms with Gasteiger partial charge in [-0.05, 0) is 42.9 Å². The van der Waals surface area contributed by atoms with Crippen LogP contribution in [0.5, 0.6) is 5.75 Å². The molecule has 1 fully saturated rings. The quantitative estimate of drug-likeness (QED) is 0.633. The highest BCUT2D eigenvalue weighted by Gasteiger charge is 2.29. The number of hydrogen-bond acceptors (Lipinski definition) is 4. The van der Waals surface area contributed by atoms with E-state index in [1.807, 2.05) is 30.3 Å². The average molecular weight is 447 g/mol. The molecule has 1 aliphatic rings. The van der Waals surface area contributed by atoms with Crippen molar-refractivity contribution in [3.05, 3.63) is 69.3 Å². The number of hydrogen-bond donors (Lipinski definition) is 1. The van der Waals surface area contributed by atoms with Gasteiger partial charge in [0.05, 0.1) is 11.1 Å². The number of rotatable bonds is 3. The molecule has 4 rings (SSSR count). The number of piperazine rings is 1. The van der Waals surface area contributed by atoms with Crippen LogP contribution in [0.25, 0.3) is 10.9 Å². The standard InChI is InChI=1S/C21H21BrClN3O/c1-25-9-11-26(12-10-25)20(14-4-6-15(22)7-5-14)17-13-18(23)16-3-2-8-24-19(16)21(17)27/h2-8,13,20,27H,9-12H2,1H3/t20-/m0/s1. The van der Waals surface area contributed by atoms with E-state index in [4.69, 9.17) is 11.6 Å². The minimum Gasteiger partial charge on any atom is -0.505 e. The summed E-state index contributed by atoms with van der Waals surface area (Å²) >= 11 is 10.1. The summed E-state index contributed by atoms with van der Waals surface area (Å²) in [5.41, 5.74) is 2.48. The van der Waals surface area contributed by atoms with Gasteiger partial charge in [-0.2, -0.15) is 0 Å². The molecule has 0 spiro atoms. The predicted octanol–water partition coefficient (Wildman–Crippen LogP) is 4.69. The van der Waals surface area contributed by atoms with Crippen molar-refractivity contribution in [2.75, 3.05) is 33.2 Å². The van der Waals surface area contributed by atoms with E-state index in [1.54, 1.807) is 6.20 Å². The Morgan fingerprint density at radius 2 is 1.81 bits per heavy atom. The zero-order valence-electron chi connectivity index (χ0n) is 15.1. The molecule has 4 nitrogen and oxygen atoms in total. The van der Waals surface area contributed by atoms with E-state index < -0.39 is 0 Å². The highest BCUT2D eigenvalue weighted by atomic mass is 79.9. The lowest BCUT2D eigenvalue weighted by molar-refractivity contribution is 0.126. The first-order chi connectivity index (χ1) is 13.0. The van der Waals surface area contributed by atoms with E-state index in [9.17, 15) is 5.11 Å². The molecule has 0 amide bonds. The Kier molecular flexibility index (Phi) is 5.37. The second kappa shape index (κ2) is 7.76. The highest BCUT2D eigenvalue weighted by Crippen LogP contribution is 2.41. The average Bonchev–Trinajstić information content (AvgIpc) is 2.69. The van der Waals surface area contributed by atoms with E-state index >= 15 is 0 Å². The topological polar surface area (TPSA) is 39.6 Å². The molecule has 6 heteroatoms. The summed E-state index contributed by atoms with van der Waals surface area (Å²) in [6.45, 7) is 3.84. The van der Waals surface area contributed by atoms with Crippen LogP contribution in [-0.4, -0.2) is 53.1 Å². The van der Waals surface area contributed by atoms with Crippen molar-refractivity contribution < 1.29 is 5.11 Å². The van der Waals surface area contributed by atoms with E-state index in [1.165, 1.54) is 0 Å². The molecule has 27 heavy (non-hydrogen) atoms. The maximum Gasteiger partial charge on any atom is 0.147 e. The van der Waals surface area contributed by atoms with E-state index in [0.717, 1.165) is 47.2 Å². The van der Waals surface area contributed by atoms with Crippen LogP contribution < -0.4 is 0 Å². The third kappa shape index (κ3) is 3.69. The molecule has 0 radical (unpaired) electrons. The molecule has 2 heterocycles. The van der Waals surface area contributed by atoms with Crippen molar-refractivity contribution in [1.82, 2.24) is 14.8 Å². The third-order valence-corrected chi connectivity index (χ3v) is 6.07. The van der Waals surface area contributed by atoms with Crippen LogP contribution in [0.1, 0.15) is 17.2 Å². The number of phenolic OH excluding ortho intramolecular Hbond substituents is 1. The van der Waals surface area contributed by atoms with Crippen molar-refractivity contribution >= 4 is 38.4 Å². The second-order valence-corrected chi connectivity index (χ2v) is 8.31. The van der Waals surface area contributed by atoms with Crippen LogP contribution in [0, 0.1) is 0 Å². The third-order valence-electron chi connectivity index (χ3n) is 5.23. The van der Waals surface area contributed by atoms with Gasteiger partial charge in [-0.15, -0.1) is 0 Å². The SMILES string of the molecule is CN1CCN([C@@H](c2ccc(Br)cc2)c2cc(Cl)c3cccnc3c2O)CC1. The monoisotopic (exact) mass is 445 g/mol. The first-order valence-electron chi connectivity index (χ1n) is 8.99. The van der Waals surface area contributed by atoms with Gasteiger partial charge in [0, 0.05) is 47.8 Å². The lowest BCUT2D eigenvalue weighted by Gasteiger charge is -2.38. The predicted molar refractivity (Wildman–Crippen MR) is 113 cm³/mol. The van der Waals surface area contributed by atoms with Gasteiger partial charge in [-0.1, -0.05) is 39.7 Å². The normalized spacial score (nSPS) is 17.3. The number of halogens is 2. The first-order valence-corrected chi connectivity index (χ1v) is 10.2. The molecule has 140 valence electrons. The van der Waals surface area contributed by atoms with E-state index in [-0.39, 0.29) is 11.8 Å². The smallest absolute Gasteiger partial charge is 0.147 e. The summed E-state index contributed by atoms with van der Waals surface area (Å²) in [5, 5.41) is 12.5. The maximum atomic E-state index is 11.1. The highest BCUT2D eigenvalue weighted by molar-refractivity contribution is 9.10. The van der Waals surface area contributed by atoms with Gasteiger partial charge in [0.2, 0.25) is 0 Å². The first kappa shape index (κ1) is 18.7. The minimum absolute atomic E-state index is 0.0734. The molecule has 1 aromatic heterocycles. The fraction of sp³-hybridized carbons (Fsp3) is 0.286. The van der Waals surface area contributed by atoms with E-state index in [2.05, 4.69) is 49.9 Å². The van der Waals surface area contributed by atoms with Crippen molar-refractivity contribution in [3.8, 4) is 5.75 Å². The molecule has 0 aliphatic carbocycles. The molecule has 1 saturated heterocycles. The number of nitrogens with zero attached hydrogens (tertiary/aromatic N) is 3. The zero-order chi connectivity index (χ0) is 19.0. The molecule has 0 bridgehead atoms. The van der Waals surface area contributed by atoms with Crippen LogP contribution in [0.15, 0.2) is 53.1 Å². The molecule has 1 N–H and O–H groups in total. The van der Waals surface area contributed by atoms with Gasteiger partial charge in [0.25, 0.3) is 0 Å². The minimum atomic E-state index is -0.0734. The summed E-state index contributed by atoms with van der Waals surface area (Å²) in [6, 6.07) is 13.8. The van der Waals surface area contributed by atoms with Crippen molar-refractivity contribution in [2.24, 2.45) is 0 Å². The summed E-state index contributed by atoms with van der Waals surface area (Å²) < 4.78 is 1.03. The summed E-state index contributed by atoms with van der Waals surface area (Å²) in [7, 11) is 2.14. The Bertz CT molecular complexity index is 956. The largest absolute Gasteiger partial charge is 0.505 e. The van der Waals surface area contributed by atoms with Crippen LogP contribution in [-0.2, 0) is 0 Å². The number of phenols is 1. The molecular formula is C21H21BrClN3O. The Hall–Kier alpha value is -1.66. The van der Waals surface area contributed by atoms with Crippen molar-refractivity contribution in [2.45, 2.75) is 6.04 Å². The summed E-state index contributed by atoms with van der Waals surface area (Å²) in [6.07, 6.45) is 1.69. The van der Waals surface area contributed by atoms with Gasteiger partial charge in [-0.25, -0.2) is 0 Å². The fourth-order valence-corrected chi connectivity index (χ4v) is 4.26. The zero-order valence-corrected chi connectivity index (χ0v) is 17.4. The van der Waals surface area contributed by atoms with Crippen molar-refractivity contribution in [3.63, 3.8) is 0 Å².